The van der Waals surface area contributed by atoms with E-state index < -0.39 is 6.10 Å². The molecule has 1 aromatic carbocycles. The van der Waals surface area contributed by atoms with Crippen molar-refractivity contribution in [3.05, 3.63) is 59.4 Å². The predicted molar refractivity (Wildman–Crippen MR) is 118 cm³/mol. The molecule has 1 atom stereocenters. The second-order valence-corrected chi connectivity index (χ2v) is 8.02. The molecule has 1 aliphatic rings. The number of aromatic nitrogens is 2. The van der Waals surface area contributed by atoms with E-state index in [4.69, 9.17) is 9.47 Å². The van der Waals surface area contributed by atoms with Crippen LogP contribution in [0.2, 0.25) is 0 Å². The van der Waals surface area contributed by atoms with Gasteiger partial charge in [0, 0.05) is 49.5 Å². The summed E-state index contributed by atoms with van der Waals surface area (Å²) in [5.41, 5.74) is 4.36. The van der Waals surface area contributed by atoms with Crippen LogP contribution in [0.15, 0.2) is 42.6 Å². The summed E-state index contributed by atoms with van der Waals surface area (Å²) in [5, 5.41) is 12.0. The van der Waals surface area contributed by atoms with E-state index in [1.54, 1.807) is 0 Å². The second-order valence-electron chi connectivity index (χ2n) is 8.02. The van der Waals surface area contributed by atoms with Crippen LogP contribution in [0, 0.1) is 0 Å². The second kappa shape index (κ2) is 9.60. The van der Waals surface area contributed by atoms with Crippen molar-refractivity contribution in [2.75, 3.05) is 33.4 Å². The van der Waals surface area contributed by atoms with Crippen LogP contribution in [-0.2, 0) is 11.3 Å². The molecule has 0 radical (unpaired) electrons. The van der Waals surface area contributed by atoms with Gasteiger partial charge in [0.05, 0.1) is 12.7 Å². The van der Waals surface area contributed by atoms with Gasteiger partial charge in [0.2, 0.25) is 0 Å². The van der Waals surface area contributed by atoms with Gasteiger partial charge in [0.25, 0.3) is 0 Å². The van der Waals surface area contributed by atoms with Crippen LogP contribution < -0.4 is 4.74 Å². The average Bonchev–Trinajstić information content (AvgIpc) is 3.13. The summed E-state index contributed by atoms with van der Waals surface area (Å²) in [6, 6.07) is 11.8. The highest BCUT2D eigenvalue weighted by atomic mass is 16.5. The number of hydrogen-bond acceptors (Lipinski definition) is 5. The minimum atomic E-state index is -0.578. The summed E-state index contributed by atoms with van der Waals surface area (Å²) < 4.78 is 11.1. The lowest BCUT2D eigenvalue weighted by atomic mass is 9.93. The molecule has 4 rings (SSSR count). The Bertz CT molecular complexity index is 965. The Hall–Kier alpha value is -2.41. The lowest BCUT2D eigenvalue weighted by Crippen LogP contribution is -2.25. The molecule has 1 aliphatic heterocycles. The van der Waals surface area contributed by atoms with Crippen molar-refractivity contribution in [3.63, 3.8) is 0 Å². The third-order valence-corrected chi connectivity index (χ3v) is 5.81. The SMILES string of the molecule is CCOc1cccc(C(O)CN(C)Cc2c(C3CCOCC3)[nH]c3ncccc23)c1. The lowest BCUT2D eigenvalue weighted by Gasteiger charge is -2.25. The first-order valence-electron chi connectivity index (χ1n) is 10.8. The van der Waals surface area contributed by atoms with Crippen molar-refractivity contribution >= 4 is 11.0 Å². The maximum Gasteiger partial charge on any atom is 0.137 e. The topological polar surface area (TPSA) is 70.6 Å². The Morgan fingerprint density at radius 1 is 1.27 bits per heavy atom. The molecule has 1 fully saturated rings. The van der Waals surface area contributed by atoms with Crippen molar-refractivity contribution in [2.45, 2.75) is 38.3 Å². The molecule has 0 spiro atoms. The number of aromatic amines is 1. The number of aliphatic hydroxyl groups excluding tert-OH is 1. The maximum absolute atomic E-state index is 10.8. The highest BCUT2D eigenvalue weighted by molar-refractivity contribution is 5.81. The van der Waals surface area contributed by atoms with E-state index in [1.165, 1.54) is 16.6 Å². The van der Waals surface area contributed by atoms with Crippen molar-refractivity contribution in [1.82, 2.24) is 14.9 Å². The molecule has 2 aromatic heterocycles. The first-order chi connectivity index (χ1) is 14.7. The Labute approximate surface area is 177 Å². The van der Waals surface area contributed by atoms with Gasteiger partial charge in [-0.1, -0.05) is 12.1 Å². The number of nitrogens with zero attached hydrogens (tertiary/aromatic N) is 2. The summed E-state index contributed by atoms with van der Waals surface area (Å²) in [7, 11) is 2.05. The molecule has 3 heterocycles. The van der Waals surface area contributed by atoms with E-state index in [1.807, 2.05) is 43.5 Å². The van der Waals surface area contributed by atoms with Gasteiger partial charge in [0.15, 0.2) is 0 Å². The van der Waals surface area contributed by atoms with E-state index in [9.17, 15) is 5.11 Å². The fraction of sp³-hybridized carbons (Fsp3) is 0.458. The zero-order valence-corrected chi connectivity index (χ0v) is 17.8. The maximum atomic E-state index is 10.8. The third-order valence-electron chi connectivity index (χ3n) is 5.81. The first-order valence-corrected chi connectivity index (χ1v) is 10.8. The Morgan fingerprint density at radius 2 is 2.10 bits per heavy atom. The van der Waals surface area contributed by atoms with E-state index in [0.29, 0.717) is 19.1 Å². The molecular formula is C24H31N3O3. The smallest absolute Gasteiger partial charge is 0.137 e. The fourth-order valence-corrected chi connectivity index (χ4v) is 4.31. The average molecular weight is 410 g/mol. The number of nitrogens with one attached hydrogen (secondary N) is 1. The molecule has 0 amide bonds. The van der Waals surface area contributed by atoms with Gasteiger partial charge < -0.3 is 19.6 Å². The molecule has 0 aliphatic carbocycles. The van der Waals surface area contributed by atoms with Gasteiger partial charge in [-0.3, -0.25) is 4.90 Å². The van der Waals surface area contributed by atoms with E-state index >= 15 is 0 Å². The van der Waals surface area contributed by atoms with E-state index in [2.05, 4.69) is 28.0 Å². The summed E-state index contributed by atoms with van der Waals surface area (Å²) in [6.45, 7) is 5.47. The molecule has 30 heavy (non-hydrogen) atoms. The molecule has 6 heteroatoms. The zero-order chi connectivity index (χ0) is 20.9. The largest absolute Gasteiger partial charge is 0.494 e. The summed E-state index contributed by atoms with van der Waals surface area (Å²) in [4.78, 5) is 10.3. The van der Waals surface area contributed by atoms with Crippen molar-refractivity contribution < 1.29 is 14.6 Å². The van der Waals surface area contributed by atoms with Crippen molar-refractivity contribution in [2.24, 2.45) is 0 Å². The number of rotatable bonds is 8. The number of pyridine rings is 1. The monoisotopic (exact) mass is 409 g/mol. The number of likely N-dealkylation sites (N-methyl/N-ethyl adjacent to an activating group) is 1. The number of ether oxygens (including phenoxy) is 2. The predicted octanol–water partition coefficient (Wildman–Crippen LogP) is 4.02. The minimum Gasteiger partial charge on any atom is -0.494 e. The number of fused-ring (bicyclic) bond motifs is 1. The summed E-state index contributed by atoms with van der Waals surface area (Å²) in [5.74, 6) is 1.25. The summed E-state index contributed by atoms with van der Waals surface area (Å²) in [6.07, 6.45) is 3.30. The van der Waals surface area contributed by atoms with Gasteiger partial charge in [-0.25, -0.2) is 4.98 Å². The van der Waals surface area contributed by atoms with Crippen LogP contribution in [0.1, 0.15) is 48.6 Å². The highest BCUT2D eigenvalue weighted by Crippen LogP contribution is 2.33. The molecule has 1 unspecified atom stereocenters. The lowest BCUT2D eigenvalue weighted by molar-refractivity contribution is 0.0841. The van der Waals surface area contributed by atoms with Crippen LogP contribution >= 0.6 is 0 Å². The van der Waals surface area contributed by atoms with Gasteiger partial charge >= 0.3 is 0 Å². The molecule has 0 bridgehead atoms. The molecule has 3 aromatic rings. The van der Waals surface area contributed by atoms with Gasteiger partial charge in [-0.2, -0.15) is 0 Å². The molecule has 0 saturated carbocycles. The minimum absolute atomic E-state index is 0.462. The molecule has 160 valence electrons. The fourth-order valence-electron chi connectivity index (χ4n) is 4.31. The normalized spacial score (nSPS) is 16.3. The van der Waals surface area contributed by atoms with Crippen LogP contribution in [0.5, 0.6) is 5.75 Å². The molecule has 1 saturated heterocycles. The van der Waals surface area contributed by atoms with Crippen LogP contribution in [0.4, 0.5) is 0 Å². The molecule has 2 N–H and O–H groups in total. The summed E-state index contributed by atoms with van der Waals surface area (Å²) >= 11 is 0. The Morgan fingerprint density at radius 3 is 2.90 bits per heavy atom. The van der Waals surface area contributed by atoms with Gasteiger partial charge in [-0.15, -0.1) is 0 Å². The van der Waals surface area contributed by atoms with Crippen molar-refractivity contribution in [1.29, 1.82) is 0 Å². The van der Waals surface area contributed by atoms with Crippen LogP contribution in [0.3, 0.4) is 0 Å². The molecular weight excluding hydrogens is 378 g/mol. The number of benzene rings is 1. The standard InChI is InChI=1S/C24H31N3O3/c1-3-30-19-7-4-6-18(14-19)22(28)16-27(2)15-21-20-8-5-11-25-24(20)26-23(21)17-9-12-29-13-10-17/h4-8,11,14,17,22,28H,3,9-10,12-13,15-16H2,1-2H3,(H,25,26). The number of aliphatic hydroxyl groups is 1. The number of hydrogen-bond donors (Lipinski definition) is 2. The Balaban J connectivity index is 1.52. The first kappa shape index (κ1) is 20.8. The van der Waals surface area contributed by atoms with Gasteiger partial charge in [0.1, 0.15) is 11.4 Å². The number of H-pyrrole nitrogens is 1. The van der Waals surface area contributed by atoms with Crippen molar-refractivity contribution in [3.8, 4) is 5.75 Å². The van der Waals surface area contributed by atoms with Gasteiger partial charge in [-0.05, 0) is 62.2 Å². The van der Waals surface area contributed by atoms with Crippen LogP contribution in [0.25, 0.3) is 11.0 Å². The quantitative estimate of drug-likeness (QED) is 0.588. The molecule has 6 nitrogen and oxygen atoms in total. The zero-order valence-electron chi connectivity index (χ0n) is 17.8. The van der Waals surface area contributed by atoms with E-state index in [0.717, 1.165) is 49.6 Å². The highest BCUT2D eigenvalue weighted by Gasteiger charge is 2.24. The third kappa shape index (κ3) is 4.67. The Kier molecular flexibility index (Phi) is 6.67. The van der Waals surface area contributed by atoms with Crippen LogP contribution in [-0.4, -0.2) is 53.4 Å². The van der Waals surface area contributed by atoms with E-state index in [-0.39, 0.29) is 0 Å².